The molecule has 84 valence electrons. The molecule has 0 aliphatic carbocycles. The van der Waals surface area contributed by atoms with E-state index in [-0.39, 0.29) is 0 Å². The largest absolute Gasteiger partial charge is 0.384 e. The molecular weight excluding hydrogens is 222 g/mol. The van der Waals surface area contributed by atoms with Crippen LogP contribution in [0.4, 0.5) is 5.69 Å². The Balaban J connectivity index is 2.30. The summed E-state index contributed by atoms with van der Waals surface area (Å²) in [5.74, 6) is 1.27. The van der Waals surface area contributed by atoms with Crippen molar-refractivity contribution in [2.75, 3.05) is 30.1 Å². The predicted octanol–water partition coefficient (Wildman–Crippen LogP) is 3.96. The van der Waals surface area contributed by atoms with Crippen molar-refractivity contribution in [3.05, 3.63) is 24.3 Å². The number of hydrogen-bond acceptors (Lipinski definition) is 3. The Kier molecular flexibility index (Phi) is 6.77. The van der Waals surface area contributed by atoms with E-state index in [0.29, 0.717) is 0 Å². The topological polar surface area (TPSA) is 12.0 Å². The van der Waals surface area contributed by atoms with Gasteiger partial charge in [-0.05, 0) is 43.2 Å². The SMILES string of the molecule is CSCCCCNc1ccccc1SC. The zero-order chi connectivity index (χ0) is 10.9. The molecule has 1 aromatic carbocycles. The van der Waals surface area contributed by atoms with Gasteiger partial charge in [0.15, 0.2) is 0 Å². The lowest BCUT2D eigenvalue weighted by molar-refractivity contribution is 0.841. The van der Waals surface area contributed by atoms with Gasteiger partial charge >= 0.3 is 0 Å². The molecule has 1 rings (SSSR count). The van der Waals surface area contributed by atoms with E-state index in [9.17, 15) is 0 Å². The van der Waals surface area contributed by atoms with Gasteiger partial charge in [0.05, 0.1) is 0 Å². The summed E-state index contributed by atoms with van der Waals surface area (Å²) < 4.78 is 0. The monoisotopic (exact) mass is 241 g/mol. The first-order valence-electron chi connectivity index (χ1n) is 5.24. The average molecular weight is 241 g/mol. The molecule has 1 N–H and O–H groups in total. The molecule has 0 saturated carbocycles. The highest BCUT2D eigenvalue weighted by Crippen LogP contribution is 2.24. The summed E-state index contributed by atoms with van der Waals surface area (Å²) >= 11 is 3.72. The molecule has 1 nitrogen and oxygen atoms in total. The van der Waals surface area contributed by atoms with E-state index in [1.54, 1.807) is 11.8 Å². The Bertz CT molecular complexity index is 276. The molecule has 3 heteroatoms. The molecule has 0 radical (unpaired) electrons. The fraction of sp³-hybridized carbons (Fsp3) is 0.500. The van der Waals surface area contributed by atoms with Crippen LogP contribution in [0.2, 0.25) is 0 Å². The Morgan fingerprint density at radius 2 is 1.93 bits per heavy atom. The number of hydrogen-bond donors (Lipinski definition) is 1. The molecule has 0 unspecified atom stereocenters. The fourth-order valence-electron chi connectivity index (χ4n) is 1.39. The van der Waals surface area contributed by atoms with Crippen LogP contribution >= 0.6 is 23.5 Å². The van der Waals surface area contributed by atoms with Crippen molar-refractivity contribution in [2.24, 2.45) is 0 Å². The normalized spacial score (nSPS) is 10.3. The van der Waals surface area contributed by atoms with E-state index in [2.05, 4.69) is 42.1 Å². The van der Waals surface area contributed by atoms with Crippen LogP contribution in [0.3, 0.4) is 0 Å². The van der Waals surface area contributed by atoms with Crippen molar-refractivity contribution < 1.29 is 0 Å². The standard InChI is InChI=1S/C12H19NS2/c1-14-10-6-5-9-13-11-7-3-4-8-12(11)15-2/h3-4,7-8,13H,5-6,9-10H2,1-2H3. The van der Waals surface area contributed by atoms with Crippen LogP contribution in [0.15, 0.2) is 29.2 Å². The van der Waals surface area contributed by atoms with Crippen LogP contribution in [0, 0.1) is 0 Å². The molecule has 0 heterocycles. The van der Waals surface area contributed by atoms with Gasteiger partial charge in [0.1, 0.15) is 0 Å². The first-order chi connectivity index (χ1) is 7.38. The molecule has 15 heavy (non-hydrogen) atoms. The van der Waals surface area contributed by atoms with Crippen LogP contribution in [0.1, 0.15) is 12.8 Å². The summed E-state index contributed by atoms with van der Waals surface area (Å²) in [6.45, 7) is 1.08. The lowest BCUT2D eigenvalue weighted by Crippen LogP contribution is -2.02. The highest BCUT2D eigenvalue weighted by Gasteiger charge is 1.98. The molecule has 0 aliphatic heterocycles. The summed E-state index contributed by atoms with van der Waals surface area (Å²) in [5, 5.41) is 3.49. The zero-order valence-electron chi connectivity index (χ0n) is 9.45. The van der Waals surface area contributed by atoms with Gasteiger partial charge in [-0.2, -0.15) is 11.8 Å². The van der Waals surface area contributed by atoms with Crippen LogP contribution in [-0.2, 0) is 0 Å². The third-order valence-corrected chi connectivity index (χ3v) is 3.69. The fourth-order valence-corrected chi connectivity index (χ4v) is 2.45. The maximum atomic E-state index is 3.49. The zero-order valence-corrected chi connectivity index (χ0v) is 11.1. The number of nitrogens with one attached hydrogen (secondary N) is 1. The number of anilines is 1. The second kappa shape index (κ2) is 7.94. The van der Waals surface area contributed by atoms with Gasteiger partial charge < -0.3 is 5.32 Å². The van der Waals surface area contributed by atoms with E-state index in [0.717, 1.165) is 6.54 Å². The first-order valence-corrected chi connectivity index (χ1v) is 7.86. The third kappa shape index (κ3) is 4.85. The smallest absolute Gasteiger partial charge is 0.0478 e. The molecule has 0 atom stereocenters. The molecule has 0 bridgehead atoms. The minimum Gasteiger partial charge on any atom is -0.384 e. The van der Waals surface area contributed by atoms with Gasteiger partial charge in [-0.3, -0.25) is 0 Å². The van der Waals surface area contributed by atoms with E-state index < -0.39 is 0 Å². The molecule has 1 aromatic rings. The first kappa shape index (κ1) is 12.8. The number of para-hydroxylation sites is 1. The van der Waals surface area contributed by atoms with E-state index >= 15 is 0 Å². The lowest BCUT2D eigenvalue weighted by atomic mass is 10.3. The molecule has 0 aliphatic rings. The van der Waals surface area contributed by atoms with Crippen molar-refractivity contribution in [1.82, 2.24) is 0 Å². The van der Waals surface area contributed by atoms with Crippen molar-refractivity contribution >= 4 is 29.2 Å². The summed E-state index contributed by atoms with van der Waals surface area (Å²) in [4.78, 5) is 1.34. The summed E-state index contributed by atoms with van der Waals surface area (Å²) in [7, 11) is 0. The predicted molar refractivity (Wildman–Crippen MR) is 74.3 cm³/mol. The van der Waals surface area contributed by atoms with Crippen molar-refractivity contribution in [1.29, 1.82) is 0 Å². The van der Waals surface area contributed by atoms with Crippen molar-refractivity contribution in [3.63, 3.8) is 0 Å². The Morgan fingerprint density at radius 3 is 2.67 bits per heavy atom. The number of rotatable bonds is 7. The maximum Gasteiger partial charge on any atom is 0.0478 e. The van der Waals surface area contributed by atoms with Gasteiger partial charge in [0.2, 0.25) is 0 Å². The van der Waals surface area contributed by atoms with Gasteiger partial charge in [-0.15, -0.1) is 11.8 Å². The van der Waals surface area contributed by atoms with Crippen LogP contribution < -0.4 is 5.32 Å². The molecule has 0 spiro atoms. The summed E-state index contributed by atoms with van der Waals surface area (Å²) in [6.07, 6.45) is 6.84. The van der Waals surface area contributed by atoms with E-state index in [1.807, 2.05) is 11.8 Å². The van der Waals surface area contributed by atoms with Gasteiger partial charge in [0, 0.05) is 17.1 Å². The van der Waals surface area contributed by atoms with Gasteiger partial charge in [0.25, 0.3) is 0 Å². The molecule has 0 aromatic heterocycles. The van der Waals surface area contributed by atoms with Gasteiger partial charge in [-0.1, -0.05) is 12.1 Å². The second-order valence-electron chi connectivity index (χ2n) is 3.33. The van der Waals surface area contributed by atoms with E-state index in [4.69, 9.17) is 0 Å². The molecular formula is C12H19NS2. The lowest BCUT2D eigenvalue weighted by Gasteiger charge is -2.09. The highest BCUT2D eigenvalue weighted by atomic mass is 32.2. The Morgan fingerprint density at radius 1 is 1.13 bits per heavy atom. The minimum absolute atomic E-state index is 1.08. The second-order valence-corrected chi connectivity index (χ2v) is 5.16. The van der Waals surface area contributed by atoms with Crippen LogP contribution in [-0.4, -0.2) is 24.8 Å². The van der Waals surface area contributed by atoms with Crippen LogP contribution in [0.25, 0.3) is 0 Å². The van der Waals surface area contributed by atoms with Crippen molar-refractivity contribution in [3.8, 4) is 0 Å². The van der Waals surface area contributed by atoms with Crippen LogP contribution in [0.5, 0.6) is 0 Å². The number of benzene rings is 1. The number of thioether (sulfide) groups is 2. The summed E-state index contributed by atoms with van der Waals surface area (Å²) in [5.41, 5.74) is 1.27. The maximum absolute atomic E-state index is 3.49. The summed E-state index contributed by atoms with van der Waals surface area (Å²) in [6, 6.07) is 8.49. The quantitative estimate of drug-likeness (QED) is 0.573. The molecule has 0 amide bonds. The Hall–Kier alpha value is -0.280. The average Bonchev–Trinajstić information content (AvgIpc) is 2.29. The minimum atomic E-state index is 1.08. The molecule has 0 saturated heterocycles. The molecule has 0 fully saturated rings. The number of unbranched alkanes of at least 4 members (excludes halogenated alkanes) is 1. The van der Waals surface area contributed by atoms with E-state index in [1.165, 1.54) is 29.2 Å². The Labute approximate surface area is 101 Å². The highest BCUT2D eigenvalue weighted by molar-refractivity contribution is 7.98. The van der Waals surface area contributed by atoms with Crippen molar-refractivity contribution in [2.45, 2.75) is 17.7 Å². The van der Waals surface area contributed by atoms with Gasteiger partial charge in [-0.25, -0.2) is 0 Å². The third-order valence-electron chi connectivity index (χ3n) is 2.20.